The van der Waals surface area contributed by atoms with E-state index in [-0.39, 0.29) is 58.4 Å². The number of benzene rings is 2. The molecule has 0 aliphatic carbocycles. The van der Waals surface area contributed by atoms with Gasteiger partial charge < -0.3 is 49.4 Å². The number of hydrogen-bond acceptors (Lipinski definition) is 20. The third kappa shape index (κ3) is 49.7. The molecule has 3 N–H and O–H groups in total. The first-order valence-corrected chi connectivity index (χ1v) is 50.8. The van der Waals surface area contributed by atoms with Crippen molar-refractivity contribution in [2.45, 2.75) is 221 Å². The third-order valence-corrected chi connectivity index (χ3v) is 22.4. The summed E-state index contributed by atoms with van der Waals surface area (Å²) in [6.07, 6.45) is 1.88. The molecule has 103 heavy (non-hydrogen) atoms. The average molecular weight is 1540 g/mol. The Hall–Kier alpha value is -6.54. The summed E-state index contributed by atoms with van der Waals surface area (Å²) in [6.45, 7) is 56.0. The SMILES string of the molecule is C/C=C/[N+](=O)[O-].CC1CN(C(=O)OCC[Si](C)(C)C)CC1NC(=O)OC(C)(C)C.CC1CN(C(=O)OCC[Si](C)(C)C)CC1[N+](=O)[O-].CC1CN(Cc2ccccc2)CC1[N+](=O)[O-].CC1CNCC1NC(=O)OC(C)(C)C.C[Si](C)(C)CCOC(=O)Cl.C[Si](C)(C)CN(CC#N)Cc1ccccc1. The lowest BCUT2D eigenvalue weighted by Gasteiger charge is -2.26. The van der Waals surface area contributed by atoms with Crippen LogP contribution in [0.15, 0.2) is 72.9 Å². The first-order valence-electron chi connectivity index (χ1n) is 35.6. The van der Waals surface area contributed by atoms with E-state index in [1.807, 2.05) is 79.7 Å². The van der Waals surface area contributed by atoms with E-state index in [0.717, 1.165) is 63.2 Å². The molecule has 0 spiro atoms. The van der Waals surface area contributed by atoms with Gasteiger partial charge in [-0.05, 0) is 108 Å². The standard InChI is InChI=1S/C16H32N2O4Si.C13H20N2Si.C12H16N2O2.C11H22N2O4Si.C10H20N2O2.C6H13ClO2Si.C3H5NO2/c1-12-10-18(15(20)21-8-9-23(5,6)7)11-13(12)17-14(19)22-16(2,3)4;1-16(2,3)12-15(10-9-14)11-13-7-5-4-6-8-13;1-10-7-13(9-12(10)14(15)16)8-11-5-3-2-4-6-11;1-9-7-12(8-10(9)13(15)16)11(14)17-5-6-18(2,3)4;1-7-5-11-6-8(7)12-9(13)14-10(2,3)4;1-10(2,3)5-4-9-6(7)8;1-2-3-4(5)6/h12-13H,8-11H2,1-7H3,(H,17,19);4-8H,10-12H2,1-3H3;2-6,10,12H,7-9H2,1H3;9-10H,5-8H2,1-4H3;7-8,11H,5-6H2,1-4H3,(H,12,13);4-5H2,1-3H3;2-3H,1H3/b;;;;;;3-2+. The molecule has 586 valence electrons. The zero-order valence-electron chi connectivity index (χ0n) is 66.3. The van der Waals surface area contributed by atoms with Crippen molar-refractivity contribution in [1.29, 1.82) is 5.26 Å². The van der Waals surface area contributed by atoms with Crippen LogP contribution in [0.4, 0.5) is 24.0 Å². The van der Waals surface area contributed by atoms with E-state index in [1.54, 1.807) is 18.7 Å². The zero-order valence-corrected chi connectivity index (χ0v) is 71.0. The van der Waals surface area contributed by atoms with Crippen LogP contribution in [-0.4, -0.2) is 217 Å². The number of hydrogen-bond donors (Lipinski definition) is 3. The summed E-state index contributed by atoms with van der Waals surface area (Å²) in [5.74, 6) is 0.692. The normalized spacial score (nSPS) is 20.3. The van der Waals surface area contributed by atoms with Crippen molar-refractivity contribution in [3.05, 3.63) is 114 Å². The lowest BCUT2D eigenvalue weighted by Crippen LogP contribution is -2.43. The van der Waals surface area contributed by atoms with Gasteiger partial charge in [0.05, 0.1) is 64.6 Å². The molecule has 0 radical (unpaired) electrons. The minimum atomic E-state index is -1.21. The van der Waals surface area contributed by atoms with Crippen LogP contribution >= 0.6 is 11.6 Å². The van der Waals surface area contributed by atoms with Gasteiger partial charge in [-0.15, -0.1) is 0 Å². The fraction of sp³-hybridized carbons (Fsp3) is 0.718. The first kappa shape index (κ1) is 96.5. The Bertz CT molecular complexity index is 2940. The minimum Gasteiger partial charge on any atom is -0.454 e. The highest BCUT2D eigenvalue weighted by Gasteiger charge is 2.42. The number of carbonyl (C=O) groups is 5. The van der Waals surface area contributed by atoms with Gasteiger partial charge in [0.15, 0.2) is 0 Å². The predicted molar refractivity (Wildman–Crippen MR) is 419 cm³/mol. The fourth-order valence-electron chi connectivity index (χ4n) is 10.3. The van der Waals surface area contributed by atoms with Gasteiger partial charge in [0, 0.05) is 109 Å². The minimum absolute atomic E-state index is 0.102. The first-order chi connectivity index (χ1) is 47.3. The van der Waals surface area contributed by atoms with Gasteiger partial charge in [0.1, 0.15) is 11.2 Å². The summed E-state index contributed by atoms with van der Waals surface area (Å²) in [5, 5.41) is 48.6. The molecule has 4 fully saturated rings. The molecular formula is C71H128ClN11O16Si4. The maximum Gasteiger partial charge on any atom is 0.409 e. The Kier molecular flexibility index (Phi) is 44.1. The molecule has 4 heterocycles. The van der Waals surface area contributed by atoms with Gasteiger partial charge in [-0.2, -0.15) is 5.26 Å². The number of halogens is 1. The molecule has 8 atom stereocenters. The van der Waals surface area contributed by atoms with Crippen LogP contribution in [0.1, 0.15) is 87.3 Å². The molecule has 0 bridgehead atoms. The van der Waals surface area contributed by atoms with E-state index in [0.29, 0.717) is 58.5 Å². The molecule has 4 aliphatic rings. The number of amides is 4. The number of nitrogens with one attached hydrogen (secondary N) is 3. The number of carbonyl (C=O) groups excluding carboxylic acids is 5. The van der Waals surface area contributed by atoms with E-state index >= 15 is 0 Å². The van der Waals surface area contributed by atoms with Gasteiger partial charge in [-0.3, -0.25) is 40.1 Å². The highest BCUT2D eigenvalue weighted by molar-refractivity contribution is 6.77. The lowest BCUT2D eigenvalue weighted by molar-refractivity contribution is -0.525. The van der Waals surface area contributed by atoms with Crippen LogP contribution in [0.3, 0.4) is 0 Å². The molecular weight excluding hydrogens is 1410 g/mol. The summed E-state index contributed by atoms with van der Waals surface area (Å²) in [7, 11) is -4.61. The van der Waals surface area contributed by atoms with Gasteiger partial charge >= 0.3 is 29.8 Å². The Morgan fingerprint density at radius 2 is 1.01 bits per heavy atom. The van der Waals surface area contributed by atoms with Crippen molar-refractivity contribution < 1.29 is 62.4 Å². The van der Waals surface area contributed by atoms with E-state index in [9.17, 15) is 54.3 Å². The number of nitro groups is 3. The second-order valence-corrected chi connectivity index (χ2v) is 56.2. The van der Waals surface area contributed by atoms with Crippen LogP contribution in [0.25, 0.3) is 0 Å². The number of ether oxygens (including phenoxy) is 5. The quantitative estimate of drug-likeness (QED) is 0.0261. The molecule has 8 unspecified atom stereocenters. The van der Waals surface area contributed by atoms with Gasteiger partial charge in [0.2, 0.25) is 18.3 Å². The highest BCUT2D eigenvalue weighted by atomic mass is 35.5. The molecule has 2 aromatic carbocycles. The van der Waals surface area contributed by atoms with Crippen LogP contribution in [0.5, 0.6) is 0 Å². The molecule has 0 aromatic heterocycles. The van der Waals surface area contributed by atoms with E-state index in [2.05, 4.69) is 158 Å². The van der Waals surface area contributed by atoms with Gasteiger partial charge in [-0.25, -0.2) is 24.0 Å². The second kappa shape index (κ2) is 47.1. The molecule has 4 aliphatic heterocycles. The lowest BCUT2D eigenvalue weighted by atomic mass is 10.1. The van der Waals surface area contributed by atoms with Crippen LogP contribution in [-0.2, 0) is 36.8 Å². The smallest absolute Gasteiger partial charge is 0.409 e. The Balaban J connectivity index is 0.00000121. The largest absolute Gasteiger partial charge is 0.454 e. The summed E-state index contributed by atoms with van der Waals surface area (Å²) < 4.78 is 25.6. The van der Waals surface area contributed by atoms with Gasteiger partial charge in [0.25, 0.3) is 0 Å². The molecule has 27 nitrogen and oxygen atoms in total. The molecule has 2 aromatic rings. The molecule has 0 saturated carbocycles. The molecule has 6 rings (SSSR count). The maximum atomic E-state index is 12.1. The van der Waals surface area contributed by atoms with Crippen molar-refractivity contribution in [3.63, 3.8) is 0 Å². The molecule has 4 saturated heterocycles. The number of nitriles is 1. The number of likely N-dealkylation sites (tertiary alicyclic amines) is 3. The second-order valence-electron chi connectivity index (χ2n) is 33.6. The van der Waals surface area contributed by atoms with Crippen molar-refractivity contribution in [2.75, 3.05) is 84.9 Å². The zero-order chi connectivity index (χ0) is 79.3. The van der Waals surface area contributed by atoms with Crippen molar-refractivity contribution in [2.24, 2.45) is 23.7 Å². The Morgan fingerprint density at radius 3 is 1.37 bits per heavy atom. The average Bonchev–Trinajstić information content (AvgIpc) is 1.72. The van der Waals surface area contributed by atoms with Crippen LogP contribution in [0, 0.1) is 65.3 Å². The predicted octanol–water partition coefficient (Wildman–Crippen LogP) is 14.7. The Morgan fingerprint density at radius 1 is 0.592 bits per heavy atom. The summed E-state index contributed by atoms with van der Waals surface area (Å²) >= 11 is 4.96. The van der Waals surface area contributed by atoms with Crippen LogP contribution < -0.4 is 16.0 Å². The van der Waals surface area contributed by atoms with E-state index in [4.69, 9.17) is 35.8 Å². The number of alkyl carbamates (subject to hydrolysis) is 2. The maximum absolute atomic E-state index is 12.1. The summed E-state index contributed by atoms with van der Waals surface area (Å²) in [5.41, 5.74) is 0.869. The van der Waals surface area contributed by atoms with Crippen LogP contribution in [0.2, 0.25) is 96.7 Å². The molecule has 4 amide bonds. The summed E-state index contributed by atoms with van der Waals surface area (Å²) in [6, 6.07) is 24.6. The van der Waals surface area contributed by atoms with Crippen molar-refractivity contribution in [1.82, 2.24) is 35.6 Å². The Labute approximate surface area is 624 Å². The van der Waals surface area contributed by atoms with E-state index < -0.39 is 78.1 Å². The number of nitrogens with zero attached hydrogens (tertiary/aromatic N) is 8. The fourth-order valence-corrected chi connectivity index (χ4v) is 14.1. The summed E-state index contributed by atoms with van der Waals surface area (Å²) in [4.78, 5) is 94.6. The van der Waals surface area contributed by atoms with E-state index in [1.165, 1.54) is 22.1 Å². The topological polar surface area (TPSA) is 334 Å². The van der Waals surface area contributed by atoms with Crippen molar-refractivity contribution in [3.8, 4) is 6.07 Å². The van der Waals surface area contributed by atoms with Gasteiger partial charge in [-0.1, -0.05) is 167 Å². The number of rotatable bonds is 21. The highest BCUT2D eigenvalue weighted by Crippen LogP contribution is 2.24. The molecule has 32 heteroatoms. The number of allylic oxidation sites excluding steroid dienone is 1. The van der Waals surface area contributed by atoms with Crippen molar-refractivity contribution >= 4 is 73.7 Å². The monoisotopic (exact) mass is 1540 g/mol. The third-order valence-electron chi connectivity index (χ3n) is 15.8.